The molecule has 4 nitrogen and oxygen atoms in total. The summed E-state index contributed by atoms with van der Waals surface area (Å²) < 4.78 is 1.97. The van der Waals surface area contributed by atoms with Crippen LogP contribution in [0.15, 0.2) is 42.6 Å². The van der Waals surface area contributed by atoms with Crippen molar-refractivity contribution < 1.29 is 4.79 Å². The molecule has 0 atom stereocenters. The molecule has 5 heteroatoms. The number of nitrogens with zero attached hydrogens (tertiary/aromatic N) is 2. The highest BCUT2D eigenvalue weighted by Gasteiger charge is 2.10. The SMILES string of the molecule is CCc1nc2ccc(C(=O)NCc3ccc(Cl)cc3)cn2c1C. The maximum Gasteiger partial charge on any atom is 0.253 e. The van der Waals surface area contributed by atoms with Gasteiger partial charge in [0.05, 0.1) is 11.3 Å². The average Bonchev–Trinajstić information content (AvgIpc) is 2.89. The van der Waals surface area contributed by atoms with Gasteiger partial charge in [-0.2, -0.15) is 0 Å². The first-order valence-electron chi connectivity index (χ1n) is 7.58. The molecule has 0 bridgehead atoms. The molecule has 3 aromatic rings. The Bertz CT molecular complexity index is 853. The second-order valence-electron chi connectivity index (χ2n) is 5.45. The quantitative estimate of drug-likeness (QED) is 0.792. The van der Waals surface area contributed by atoms with Crippen LogP contribution >= 0.6 is 11.6 Å². The van der Waals surface area contributed by atoms with E-state index < -0.39 is 0 Å². The molecule has 0 aliphatic carbocycles. The number of carbonyl (C=O) groups is 1. The first-order chi connectivity index (χ1) is 11.1. The molecule has 0 unspecified atom stereocenters. The van der Waals surface area contributed by atoms with Gasteiger partial charge in [0.2, 0.25) is 0 Å². The molecule has 2 heterocycles. The van der Waals surface area contributed by atoms with Crippen molar-refractivity contribution in [2.45, 2.75) is 26.8 Å². The lowest BCUT2D eigenvalue weighted by Gasteiger charge is -2.06. The van der Waals surface area contributed by atoms with E-state index in [0.717, 1.165) is 29.0 Å². The van der Waals surface area contributed by atoms with Crippen molar-refractivity contribution in [1.29, 1.82) is 0 Å². The molecule has 0 fully saturated rings. The summed E-state index contributed by atoms with van der Waals surface area (Å²) in [6.07, 6.45) is 2.72. The van der Waals surface area contributed by atoms with Gasteiger partial charge < -0.3 is 9.72 Å². The molecule has 0 aliphatic heterocycles. The van der Waals surface area contributed by atoms with Crippen molar-refractivity contribution in [3.05, 3.63) is 70.1 Å². The van der Waals surface area contributed by atoms with Gasteiger partial charge in [-0.3, -0.25) is 4.79 Å². The standard InChI is InChI=1S/C18H18ClN3O/c1-3-16-12(2)22-11-14(6-9-17(22)21-16)18(23)20-10-13-4-7-15(19)8-5-13/h4-9,11H,3,10H2,1-2H3,(H,20,23). The maximum absolute atomic E-state index is 12.3. The first kappa shape index (κ1) is 15.6. The molecule has 0 spiro atoms. The second-order valence-corrected chi connectivity index (χ2v) is 5.89. The Morgan fingerprint density at radius 2 is 1.96 bits per heavy atom. The van der Waals surface area contributed by atoms with Crippen LogP contribution in [0.3, 0.4) is 0 Å². The van der Waals surface area contributed by atoms with Crippen molar-refractivity contribution in [3.63, 3.8) is 0 Å². The Morgan fingerprint density at radius 3 is 2.65 bits per heavy atom. The first-order valence-corrected chi connectivity index (χ1v) is 7.96. The van der Waals surface area contributed by atoms with E-state index in [2.05, 4.69) is 17.2 Å². The molecule has 1 amide bonds. The Morgan fingerprint density at radius 1 is 1.22 bits per heavy atom. The molecule has 0 saturated carbocycles. The Kier molecular flexibility index (Phi) is 4.35. The number of fused-ring (bicyclic) bond motifs is 1. The van der Waals surface area contributed by atoms with E-state index in [1.54, 1.807) is 6.07 Å². The van der Waals surface area contributed by atoms with Crippen LogP contribution in [0, 0.1) is 6.92 Å². The number of benzene rings is 1. The summed E-state index contributed by atoms with van der Waals surface area (Å²) >= 11 is 5.86. The molecule has 23 heavy (non-hydrogen) atoms. The predicted molar refractivity (Wildman–Crippen MR) is 91.9 cm³/mol. The van der Waals surface area contributed by atoms with Crippen LogP contribution in [-0.4, -0.2) is 15.3 Å². The van der Waals surface area contributed by atoms with Crippen LogP contribution < -0.4 is 5.32 Å². The van der Waals surface area contributed by atoms with Crippen molar-refractivity contribution in [1.82, 2.24) is 14.7 Å². The maximum atomic E-state index is 12.3. The van der Waals surface area contributed by atoms with Gasteiger partial charge in [-0.1, -0.05) is 30.7 Å². The van der Waals surface area contributed by atoms with Crippen LogP contribution in [0.1, 0.15) is 34.2 Å². The molecule has 0 radical (unpaired) electrons. The van der Waals surface area contributed by atoms with Crippen LogP contribution in [0.2, 0.25) is 5.02 Å². The summed E-state index contributed by atoms with van der Waals surface area (Å²) in [7, 11) is 0. The average molecular weight is 328 g/mol. The number of halogens is 1. The van der Waals surface area contributed by atoms with Crippen molar-refractivity contribution in [2.75, 3.05) is 0 Å². The lowest BCUT2D eigenvalue weighted by molar-refractivity contribution is 0.0950. The fraction of sp³-hybridized carbons (Fsp3) is 0.222. The van der Waals surface area contributed by atoms with Crippen LogP contribution in [0.5, 0.6) is 0 Å². The van der Waals surface area contributed by atoms with Gasteiger partial charge in [-0.15, -0.1) is 0 Å². The highest BCUT2D eigenvalue weighted by atomic mass is 35.5. The van der Waals surface area contributed by atoms with Gasteiger partial charge >= 0.3 is 0 Å². The third kappa shape index (κ3) is 3.22. The summed E-state index contributed by atoms with van der Waals surface area (Å²) in [5.74, 6) is -0.104. The largest absolute Gasteiger partial charge is 0.348 e. The van der Waals surface area contributed by atoms with E-state index in [1.165, 1.54) is 0 Å². The monoisotopic (exact) mass is 327 g/mol. The number of aromatic nitrogens is 2. The van der Waals surface area contributed by atoms with E-state index in [1.807, 2.05) is 47.9 Å². The molecule has 2 aromatic heterocycles. The minimum Gasteiger partial charge on any atom is -0.348 e. The van der Waals surface area contributed by atoms with Gasteiger partial charge in [0.15, 0.2) is 0 Å². The number of rotatable bonds is 4. The Hall–Kier alpha value is -2.33. The molecule has 1 N–H and O–H groups in total. The molecular weight excluding hydrogens is 310 g/mol. The number of hydrogen-bond donors (Lipinski definition) is 1. The van der Waals surface area contributed by atoms with Crippen LogP contribution in [-0.2, 0) is 13.0 Å². The zero-order valence-electron chi connectivity index (χ0n) is 13.1. The van der Waals surface area contributed by atoms with Gasteiger partial charge in [0, 0.05) is 23.5 Å². The molecule has 3 rings (SSSR count). The molecule has 1 aromatic carbocycles. The molecular formula is C18H18ClN3O. The van der Waals surface area contributed by atoms with E-state index in [4.69, 9.17) is 11.6 Å². The number of carbonyl (C=O) groups excluding carboxylic acids is 1. The minimum absolute atomic E-state index is 0.104. The second kappa shape index (κ2) is 6.42. The summed E-state index contributed by atoms with van der Waals surface area (Å²) in [4.78, 5) is 16.9. The zero-order valence-corrected chi connectivity index (χ0v) is 13.9. The minimum atomic E-state index is -0.104. The van der Waals surface area contributed by atoms with Crippen molar-refractivity contribution in [2.24, 2.45) is 0 Å². The number of hydrogen-bond acceptors (Lipinski definition) is 2. The molecule has 0 aliphatic rings. The summed E-state index contributed by atoms with van der Waals surface area (Å²) in [5, 5.41) is 3.61. The van der Waals surface area contributed by atoms with Crippen LogP contribution in [0.25, 0.3) is 5.65 Å². The molecule has 118 valence electrons. The normalized spacial score (nSPS) is 10.9. The number of amides is 1. The van der Waals surface area contributed by atoms with Gasteiger partial charge in [0.1, 0.15) is 5.65 Å². The van der Waals surface area contributed by atoms with Gasteiger partial charge in [0.25, 0.3) is 5.91 Å². The summed E-state index contributed by atoms with van der Waals surface area (Å²) in [6, 6.07) is 11.1. The Balaban J connectivity index is 1.77. The highest BCUT2D eigenvalue weighted by molar-refractivity contribution is 6.30. The predicted octanol–water partition coefficient (Wildman–Crippen LogP) is 3.79. The summed E-state index contributed by atoms with van der Waals surface area (Å²) in [6.45, 7) is 4.57. The summed E-state index contributed by atoms with van der Waals surface area (Å²) in [5.41, 5.74) is 4.64. The van der Waals surface area contributed by atoms with Gasteiger partial charge in [-0.25, -0.2) is 4.98 Å². The number of imidazole rings is 1. The third-order valence-electron chi connectivity index (χ3n) is 3.92. The fourth-order valence-corrected chi connectivity index (χ4v) is 2.69. The van der Waals surface area contributed by atoms with Crippen LogP contribution in [0.4, 0.5) is 0 Å². The van der Waals surface area contributed by atoms with E-state index in [9.17, 15) is 4.79 Å². The Labute approximate surface area is 140 Å². The van der Waals surface area contributed by atoms with Crippen molar-refractivity contribution in [3.8, 4) is 0 Å². The topological polar surface area (TPSA) is 46.4 Å². The molecule has 0 saturated heterocycles. The lowest BCUT2D eigenvalue weighted by atomic mass is 10.2. The number of nitrogens with one attached hydrogen (secondary N) is 1. The van der Waals surface area contributed by atoms with E-state index >= 15 is 0 Å². The zero-order chi connectivity index (χ0) is 16.4. The highest BCUT2D eigenvalue weighted by Crippen LogP contribution is 2.14. The lowest BCUT2D eigenvalue weighted by Crippen LogP contribution is -2.23. The van der Waals surface area contributed by atoms with E-state index in [-0.39, 0.29) is 5.91 Å². The number of aryl methyl sites for hydroxylation is 2. The van der Waals surface area contributed by atoms with Gasteiger partial charge in [-0.05, 0) is 43.2 Å². The van der Waals surface area contributed by atoms with E-state index in [0.29, 0.717) is 17.1 Å². The fourth-order valence-electron chi connectivity index (χ4n) is 2.57. The smallest absolute Gasteiger partial charge is 0.253 e. The van der Waals surface area contributed by atoms with Crippen molar-refractivity contribution >= 4 is 23.2 Å². The number of pyridine rings is 1. The third-order valence-corrected chi connectivity index (χ3v) is 4.17.